The number of rotatable bonds is 2. The van der Waals surface area contributed by atoms with E-state index >= 15 is 0 Å². The maximum absolute atomic E-state index is 13.0. The van der Waals surface area contributed by atoms with Gasteiger partial charge in [-0.25, -0.2) is 4.79 Å². The molecule has 0 radical (unpaired) electrons. The van der Waals surface area contributed by atoms with Gasteiger partial charge < -0.3 is 5.11 Å². The number of nitro groups is 1. The van der Waals surface area contributed by atoms with Crippen molar-refractivity contribution in [2.75, 3.05) is 5.32 Å². The molecule has 0 spiro atoms. The first-order valence-electron chi connectivity index (χ1n) is 3.87. The molecular formula is C8H7FN2O4. The topological polar surface area (TPSA) is 92.5 Å². The summed E-state index contributed by atoms with van der Waals surface area (Å²) in [6.07, 6.45) is -1.36. The number of hydrogen-bond acceptors (Lipinski definition) is 3. The number of halogens is 1. The SMILES string of the molecule is Cc1c(NC(=O)O)ccc(F)c1[N+](=O)[O-]. The fraction of sp³-hybridized carbons (Fsp3) is 0.125. The van der Waals surface area contributed by atoms with Gasteiger partial charge in [0.05, 0.1) is 16.2 Å². The first-order chi connectivity index (χ1) is 6.93. The predicted octanol–water partition coefficient (Wildman–Crippen LogP) is 2.13. The van der Waals surface area contributed by atoms with Crippen molar-refractivity contribution in [2.45, 2.75) is 6.92 Å². The van der Waals surface area contributed by atoms with Gasteiger partial charge in [-0.15, -0.1) is 0 Å². The van der Waals surface area contributed by atoms with Crippen LogP contribution in [0.4, 0.5) is 20.6 Å². The third kappa shape index (κ3) is 2.19. The van der Waals surface area contributed by atoms with Gasteiger partial charge in [-0.05, 0) is 19.1 Å². The Bertz CT molecular complexity index is 433. The molecule has 0 aliphatic rings. The van der Waals surface area contributed by atoms with Crippen LogP contribution in [0.2, 0.25) is 0 Å². The Morgan fingerprint density at radius 3 is 2.67 bits per heavy atom. The fourth-order valence-electron chi connectivity index (χ4n) is 1.14. The van der Waals surface area contributed by atoms with Crippen molar-refractivity contribution < 1.29 is 19.2 Å². The van der Waals surface area contributed by atoms with E-state index in [9.17, 15) is 19.3 Å². The van der Waals surface area contributed by atoms with Crippen molar-refractivity contribution in [1.29, 1.82) is 0 Å². The van der Waals surface area contributed by atoms with Crippen LogP contribution in [0.3, 0.4) is 0 Å². The van der Waals surface area contributed by atoms with E-state index in [4.69, 9.17) is 5.11 Å². The molecule has 1 aromatic carbocycles. The molecule has 2 N–H and O–H groups in total. The van der Waals surface area contributed by atoms with E-state index in [1.807, 2.05) is 5.32 Å². The normalized spacial score (nSPS) is 9.73. The number of carboxylic acid groups (broad SMARTS) is 1. The van der Waals surface area contributed by atoms with Gasteiger partial charge in [0.1, 0.15) is 0 Å². The van der Waals surface area contributed by atoms with Crippen molar-refractivity contribution in [2.24, 2.45) is 0 Å². The molecule has 0 saturated heterocycles. The number of nitrogens with zero attached hydrogens (tertiary/aromatic N) is 1. The average Bonchev–Trinajstić information content (AvgIpc) is 2.09. The second-order valence-corrected chi connectivity index (χ2v) is 2.76. The van der Waals surface area contributed by atoms with Gasteiger partial charge in [-0.3, -0.25) is 15.4 Å². The maximum Gasteiger partial charge on any atom is 0.409 e. The molecule has 1 rings (SSSR count). The van der Waals surface area contributed by atoms with Crippen LogP contribution in [0.1, 0.15) is 5.56 Å². The Morgan fingerprint density at radius 2 is 2.20 bits per heavy atom. The maximum atomic E-state index is 13.0. The van der Waals surface area contributed by atoms with Crippen LogP contribution in [0.15, 0.2) is 12.1 Å². The van der Waals surface area contributed by atoms with Crippen molar-refractivity contribution in [3.8, 4) is 0 Å². The standard InChI is InChI=1S/C8H7FN2O4/c1-4-6(10-8(12)13)3-2-5(9)7(4)11(14)15/h2-3,10H,1H3,(H,12,13). The molecule has 0 heterocycles. The first kappa shape index (κ1) is 10.9. The summed E-state index contributed by atoms with van der Waals surface area (Å²) in [6, 6.07) is 1.97. The van der Waals surface area contributed by atoms with E-state index in [1.165, 1.54) is 6.92 Å². The minimum Gasteiger partial charge on any atom is -0.465 e. The van der Waals surface area contributed by atoms with E-state index in [0.717, 1.165) is 12.1 Å². The zero-order valence-electron chi connectivity index (χ0n) is 7.65. The van der Waals surface area contributed by atoms with Crippen molar-refractivity contribution in [1.82, 2.24) is 0 Å². The molecule has 7 heteroatoms. The second kappa shape index (κ2) is 3.91. The van der Waals surface area contributed by atoms with Crippen LogP contribution >= 0.6 is 0 Å². The number of benzene rings is 1. The lowest BCUT2D eigenvalue weighted by molar-refractivity contribution is -0.388. The molecule has 0 aliphatic heterocycles. The minimum atomic E-state index is -1.36. The molecule has 0 saturated carbocycles. The van der Waals surface area contributed by atoms with Crippen LogP contribution in [0.25, 0.3) is 0 Å². The van der Waals surface area contributed by atoms with E-state index in [2.05, 4.69) is 0 Å². The summed E-state index contributed by atoms with van der Waals surface area (Å²) in [4.78, 5) is 19.9. The Balaban J connectivity index is 3.28. The average molecular weight is 214 g/mol. The summed E-state index contributed by atoms with van der Waals surface area (Å²) in [5.74, 6) is -0.992. The van der Waals surface area contributed by atoms with Crippen LogP contribution in [-0.2, 0) is 0 Å². The van der Waals surface area contributed by atoms with Gasteiger partial charge >= 0.3 is 11.8 Å². The summed E-state index contributed by atoms with van der Waals surface area (Å²) < 4.78 is 13.0. The third-order valence-electron chi connectivity index (χ3n) is 1.81. The van der Waals surface area contributed by atoms with E-state index < -0.39 is 22.5 Å². The first-order valence-corrected chi connectivity index (χ1v) is 3.87. The Labute approximate surface area is 83.5 Å². The molecule has 0 unspecified atom stereocenters. The highest BCUT2D eigenvalue weighted by Crippen LogP contribution is 2.28. The number of amides is 1. The predicted molar refractivity (Wildman–Crippen MR) is 49.4 cm³/mol. The molecule has 80 valence electrons. The lowest BCUT2D eigenvalue weighted by atomic mass is 10.1. The summed E-state index contributed by atoms with van der Waals surface area (Å²) in [5, 5.41) is 20.8. The van der Waals surface area contributed by atoms with Crippen LogP contribution in [-0.4, -0.2) is 16.1 Å². The molecule has 0 bridgehead atoms. The lowest BCUT2D eigenvalue weighted by Crippen LogP contribution is -2.09. The molecule has 1 aromatic rings. The zero-order chi connectivity index (χ0) is 11.6. The Kier molecular flexibility index (Phi) is 2.84. The highest BCUT2D eigenvalue weighted by Gasteiger charge is 2.20. The van der Waals surface area contributed by atoms with Crippen LogP contribution < -0.4 is 5.32 Å². The Hall–Kier alpha value is -2.18. The molecule has 15 heavy (non-hydrogen) atoms. The van der Waals surface area contributed by atoms with Gasteiger partial charge in [0, 0.05) is 0 Å². The van der Waals surface area contributed by atoms with E-state index in [-0.39, 0.29) is 11.3 Å². The molecule has 0 fully saturated rings. The van der Waals surface area contributed by atoms with Crippen molar-refractivity contribution in [3.63, 3.8) is 0 Å². The number of anilines is 1. The lowest BCUT2D eigenvalue weighted by Gasteiger charge is -2.05. The second-order valence-electron chi connectivity index (χ2n) is 2.76. The van der Waals surface area contributed by atoms with Gasteiger partial charge in [-0.1, -0.05) is 0 Å². The smallest absolute Gasteiger partial charge is 0.409 e. The summed E-state index contributed by atoms with van der Waals surface area (Å²) in [6.45, 7) is 1.27. The summed E-state index contributed by atoms with van der Waals surface area (Å²) in [5.41, 5.74) is -0.778. The van der Waals surface area contributed by atoms with Crippen molar-refractivity contribution >= 4 is 17.5 Å². The van der Waals surface area contributed by atoms with Gasteiger partial charge in [0.15, 0.2) is 0 Å². The number of nitrogens with one attached hydrogen (secondary N) is 1. The highest BCUT2D eigenvalue weighted by molar-refractivity contribution is 5.85. The summed E-state index contributed by atoms with van der Waals surface area (Å²) >= 11 is 0. The highest BCUT2D eigenvalue weighted by atomic mass is 19.1. The number of carbonyl (C=O) groups is 1. The number of nitro benzene ring substituents is 1. The van der Waals surface area contributed by atoms with Crippen LogP contribution in [0, 0.1) is 22.9 Å². The summed E-state index contributed by atoms with van der Waals surface area (Å²) in [7, 11) is 0. The molecule has 0 aliphatic carbocycles. The minimum absolute atomic E-state index is 0.00407. The Morgan fingerprint density at radius 1 is 1.60 bits per heavy atom. The fourth-order valence-corrected chi connectivity index (χ4v) is 1.14. The molecule has 1 amide bonds. The van der Waals surface area contributed by atoms with Gasteiger partial charge in [-0.2, -0.15) is 4.39 Å². The quantitative estimate of drug-likeness (QED) is 0.582. The van der Waals surface area contributed by atoms with E-state index in [0.29, 0.717) is 0 Å². The van der Waals surface area contributed by atoms with Crippen LogP contribution in [0.5, 0.6) is 0 Å². The molecule has 6 nitrogen and oxygen atoms in total. The monoisotopic (exact) mass is 214 g/mol. The molecule has 0 atom stereocenters. The zero-order valence-corrected chi connectivity index (χ0v) is 7.65. The van der Waals surface area contributed by atoms with Gasteiger partial charge in [0.25, 0.3) is 0 Å². The molecule has 0 aromatic heterocycles. The van der Waals surface area contributed by atoms with Crippen molar-refractivity contribution in [3.05, 3.63) is 33.6 Å². The largest absolute Gasteiger partial charge is 0.465 e. The third-order valence-corrected chi connectivity index (χ3v) is 1.81. The van der Waals surface area contributed by atoms with Gasteiger partial charge in [0.2, 0.25) is 5.82 Å². The number of hydrogen-bond donors (Lipinski definition) is 2. The van der Waals surface area contributed by atoms with E-state index in [1.54, 1.807) is 0 Å². The molecular weight excluding hydrogens is 207 g/mol.